The summed E-state index contributed by atoms with van der Waals surface area (Å²) < 4.78 is 0. The Hall–Kier alpha value is -2.14. The Morgan fingerprint density at radius 1 is 1.47 bits per heavy atom. The lowest BCUT2D eigenvalue weighted by atomic mass is 10.1. The number of hydrogen-bond acceptors (Lipinski definition) is 4. The van der Waals surface area contributed by atoms with E-state index >= 15 is 0 Å². The van der Waals surface area contributed by atoms with Crippen LogP contribution in [0.25, 0.3) is 0 Å². The van der Waals surface area contributed by atoms with Crippen molar-refractivity contribution in [2.75, 3.05) is 5.32 Å². The molecular weight excluding hydrogens is 266 g/mol. The summed E-state index contributed by atoms with van der Waals surface area (Å²) in [5.74, 6) is -0.613. The summed E-state index contributed by atoms with van der Waals surface area (Å²) in [6.45, 7) is 2.48. The Morgan fingerprint density at radius 2 is 2.26 bits per heavy atom. The van der Waals surface area contributed by atoms with E-state index in [4.69, 9.17) is 16.7 Å². The topological polar surface area (TPSA) is 75.1 Å². The lowest BCUT2D eigenvalue weighted by Crippen LogP contribution is -2.05. The number of pyridine rings is 2. The first-order valence-corrected chi connectivity index (χ1v) is 5.98. The van der Waals surface area contributed by atoms with Gasteiger partial charge < -0.3 is 10.4 Å². The van der Waals surface area contributed by atoms with E-state index in [2.05, 4.69) is 15.3 Å². The molecule has 0 saturated carbocycles. The molecule has 0 atom stereocenters. The average molecular weight is 278 g/mol. The number of carbonyl (C=O) groups is 1. The van der Waals surface area contributed by atoms with Crippen molar-refractivity contribution in [2.24, 2.45) is 0 Å². The zero-order valence-corrected chi connectivity index (χ0v) is 11.0. The first kappa shape index (κ1) is 13.3. The number of anilines is 1. The number of aromatic nitrogens is 2. The van der Waals surface area contributed by atoms with Crippen molar-refractivity contribution >= 4 is 23.4 Å². The summed E-state index contributed by atoms with van der Waals surface area (Å²) in [6.07, 6.45) is 3.48. The molecule has 5 nitrogen and oxygen atoms in total. The van der Waals surface area contributed by atoms with E-state index in [-0.39, 0.29) is 10.7 Å². The van der Waals surface area contributed by atoms with E-state index in [9.17, 15) is 4.79 Å². The number of aromatic carboxylic acids is 1. The maximum absolute atomic E-state index is 10.9. The van der Waals surface area contributed by atoms with Gasteiger partial charge >= 0.3 is 5.97 Å². The summed E-state index contributed by atoms with van der Waals surface area (Å²) in [4.78, 5) is 19.0. The van der Waals surface area contributed by atoms with Crippen LogP contribution >= 0.6 is 11.6 Å². The second-order valence-electron chi connectivity index (χ2n) is 4.02. The fraction of sp³-hybridized carbons (Fsp3) is 0.154. The molecule has 0 unspecified atom stereocenters. The molecule has 98 valence electrons. The Bertz CT molecular complexity index is 617. The van der Waals surface area contributed by atoms with Crippen LogP contribution in [0.3, 0.4) is 0 Å². The molecule has 0 spiro atoms. The predicted molar refractivity (Wildman–Crippen MR) is 72.5 cm³/mol. The number of carboxylic acids is 1. The van der Waals surface area contributed by atoms with Crippen LogP contribution in [0, 0.1) is 6.92 Å². The molecule has 2 N–H and O–H groups in total. The third-order valence-electron chi connectivity index (χ3n) is 2.65. The van der Waals surface area contributed by atoms with Crippen molar-refractivity contribution in [3.05, 3.63) is 52.4 Å². The van der Waals surface area contributed by atoms with Gasteiger partial charge in [0.25, 0.3) is 0 Å². The summed E-state index contributed by atoms with van der Waals surface area (Å²) in [7, 11) is 0. The van der Waals surface area contributed by atoms with Crippen LogP contribution in [-0.4, -0.2) is 21.0 Å². The van der Waals surface area contributed by atoms with E-state index in [1.807, 2.05) is 13.0 Å². The van der Waals surface area contributed by atoms with E-state index in [1.54, 1.807) is 12.4 Å². The van der Waals surface area contributed by atoms with E-state index in [0.717, 1.165) is 11.1 Å². The number of aryl methyl sites for hydroxylation is 1. The molecule has 0 radical (unpaired) electrons. The SMILES string of the molecule is Cc1ccncc1CNc1cc(C(=O)O)cc(Cl)n1. The highest BCUT2D eigenvalue weighted by atomic mass is 35.5. The average Bonchev–Trinajstić information content (AvgIpc) is 2.37. The standard InChI is InChI=1S/C13H12ClN3O2/c1-8-2-3-15-6-10(8)7-16-12-5-9(13(18)19)4-11(14)17-12/h2-6H,7H2,1H3,(H,16,17)(H,18,19). The molecule has 2 rings (SSSR count). The fourth-order valence-electron chi connectivity index (χ4n) is 1.58. The van der Waals surface area contributed by atoms with Gasteiger partial charge in [0.1, 0.15) is 11.0 Å². The van der Waals surface area contributed by atoms with E-state index in [1.165, 1.54) is 12.1 Å². The van der Waals surface area contributed by atoms with Gasteiger partial charge in [-0.15, -0.1) is 0 Å². The van der Waals surface area contributed by atoms with Gasteiger partial charge in [0.05, 0.1) is 5.56 Å². The molecule has 6 heteroatoms. The second kappa shape index (κ2) is 5.67. The number of nitrogens with zero attached hydrogens (tertiary/aromatic N) is 2. The van der Waals surface area contributed by atoms with Crippen LogP contribution in [0.5, 0.6) is 0 Å². The van der Waals surface area contributed by atoms with Crippen molar-refractivity contribution in [2.45, 2.75) is 13.5 Å². The zero-order chi connectivity index (χ0) is 13.8. The summed E-state index contributed by atoms with van der Waals surface area (Å²) >= 11 is 5.78. The largest absolute Gasteiger partial charge is 0.478 e. The molecule has 19 heavy (non-hydrogen) atoms. The van der Waals surface area contributed by atoms with Crippen molar-refractivity contribution in [3.8, 4) is 0 Å². The Labute approximate surface area is 115 Å². The van der Waals surface area contributed by atoms with Gasteiger partial charge in [-0.2, -0.15) is 0 Å². The van der Waals surface area contributed by atoms with Crippen molar-refractivity contribution in [3.63, 3.8) is 0 Å². The summed E-state index contributed by atoms with van der Waals surface area (Å²) in [5, 5.41) is 12.1. The predicted octanol–water partition coefficient (Wildman–Crippen LogP) is 2.75. The molecule has 2 aromatic rings. The third-order valence-corrected chi connectivity index (χ3v) is 2.84. The minimum Gasteiger partial charge on any atom is -0.478 e. The number of rotatable bonds is 4. The normalized spacial score (nSPS) is 10.2. The van der Waals surface area contributed by atoms with Crippen LogP contribution in [0.2, 0.25) is 5.15 Å². The first-order chi connectivity index (χ1) is 9.06. The molecule has 0 aromatic carbocycles. The number of hydrogen-bond donors (Lipinski definition) is 2. The number of carboxylic acid groups (broad SMARTS) is 1. The molecule has 0 saturated heterocycles. The van der Waals surface area contributed by atoms with Crippen LogP contribution in [0.15, 0.2) is 30.6 Å². The van der Waals surface area contributed by atoms with Gasteiger partial charge in [0.15, 0.2) is 0 Å². The second-order valence-corrected chi connectivity index (χ2v) is 4.41. The fourth-order valence-corrected chi connectivity index (χ4v) is 1.79. The van der Waals surface area contributed by atoms with Gasteiger partial charge in [-0.3, -0.25) is 4.98 Å². The van der Waals surface area contributed by atoms with Crippen LogP contribution in [0.1, 0.15) is 21.5 Å². The summed E-state index contributed by atoms with van der Waals surface area (Å²) in [5.41, 5.74) is 2.22. The van der Waals surface area contributed by atoms with Gasteiger partial charge in [-0.05, 0) is 36.2 Å². The van der Waals surface area contributed by atoms with E-state index in [0.29, 0.717) is 12.4 Å². The van der Waals surface area contributed by atoms with Gasteiger partial charge in [-0.1, -0.05) is 11.6 Å². The van der Waals surface area contributed by atoms with Gasteiger partial charge in [0, 0.05) is 18.9 Å². The molecule has 0 aliphatic heterocycles. The highest BCUT2D eigenvalue weighted by molar-refractivity contribution is 6.29. The maximum atomic E-state index is 10.9. The molecule has 0 fully saturated rings. The summed E-state index contributed by atoms with van der Waals surface area (Å²) in [6, 6.07) is 4.66. The van der Waals surface area contributed by atoms with Crippen molar-refractivity contribution in [1.29, 1.82) is 0 Å². The molecule has 0 aliphatic carbocycles. The van der Waals surface area contributed by atoms with Crippen molar-refractivity contribution in [1.82, 2.24) is 9.97 Å². The molecule has 0 aliphatic rings. The maximum Gasteiger partial charge on any atom is 0.335 e. The van der Waals surface area contributed by atoms with Crippen LogP contribution in [0.4, 0.5) is 5.82 Å². The van der Waals surface area contributed by atoms with Crippen LogP contribution in [-0.2, 0) is 6.54 Å². The zero-order valence-electron chi connectivity index (χ0n) is 10.2. The Balaban J connectivity index is 2.16. The van der Waals surface area contributed by atoms with Gasteiger partial charge in [0.2, 0.25) is 0 Å². The highest BCUT2D eigenvalue weighted by Crippen LogP contribution is 2.16. The third kappa shape index (κ3) is 3.42. The smallest absolute Gasteiger partial charge is 0.335 e. The van der Waals surface area contributed by atoms with Gasteiger partial charge in [-0.25, -0.2) is 9.78 Å². The minimum absolute atomic E-state index is 0.102. The minimum atomic E-state index is -1.04. The molecule has 2 heterocycles. The lowest BCUT2D eigenvalue weighted by Gasteiger charge is -2.08. The van der Waals surface area contributed by atoms with Crippen molar-refractivity contribution < 1.29 is 9.90 Å². The number of nitrogens with one attached hydrogen (secondary N) is 1. The Kier molecular flexibility index (Phi) is 3.97. The quantitative estimate of drug-likeness (QED) is 0.841. The first-order valence-electron chi connectivity index (χ1n) is 5.60. The highest BCUT2D eigenvalue weighted by Gasteiger charge is 2.07. The molecule has 0 bridgehead atoms. The number of halogens is 1. The molecular formula is C13H12ClN3O2. The molecule has 0 amide bonds. The van der Waals surface area contributed by atoms with E-state index < -0.39 is 5.97 Å². The lowest BCUT2D eigenvalue weighted by molar-refractivity contribution is 0.0697. The monoisotopic (exact) mass is 277 g/mol. The van der Waals surface area contributed by atoms with Crippen LogP contribution < -0.4 is 5.32 Å². The molecule has 2 aromatic heterocycles. The Morgan fingerprint density at radius 3 is 2.95 bits per heavy atom.